The maximum atomic E-state index is 14.0. The number of ketones is 1. The smallest absolute Gasteiger partial charge is 0.311 e. The number of hydrogen-bond acceptors (Lipinski definition) is 13. The van der Waals surface area contributed by atoms with Crippen LogP contribution >= 0.6 is 0 Å². The fourth-order valence-corrected chi connectivity index (χ4v) is 8.09. The van der Waals surface area contributed by atoms with Crippen molar-refractivity contribution < 1.29 is 58.4 Å². The van der Waals surface area contributed by atoms with Crippen molar-refractivity contribution in [2.75, 3.05) is 21.2 Å². The van der Waals surface area contributed by atoms with Gasteiger partial charge in [-0.3, -0.25) is 9.59 Å². The maximum Gasteiger partial charge on any atom is 0.311 e. The second-order valence-electron chi connectivity index (χ2n) is 16.0. The number of esters is 1. The molecule has 0 aromatic carbocycles. The fraction of sp³-hybridized carbons (Fsp3) is 0.892. The molecule has 2 fully saturated rings. The molecule has 16 atom stereocenters. The number of hydrogen-bond donors (Lipinski definition) is 4. The Morgan fingerprint density at radius 2 is 1.60 bits per heavy atom. The lowest BCUT2D eigenvalue weighted by Gasteiger charge is -2.48. The van der Waals surface area contributed by atoms with E-state index >= 15 is 0 Å². The minimum Gasteiger partial charge on any atom is -0.459 e. The largest absolute Gasteiger partial charge is 0.459 e. The van der Waals surface area contributed by atoms with Gasteiger partial charge in [0.2, 0.25) is 0 Å². The molecule has 13 heteroatoms. The quantitative estimate of drug-likeness (QED) is 0.284. The van der Waals surface area contributed by atoms with Gasteiger partial charge < -0.3 is 53.7 Å². The first-order valence-corrected chi connectivity index (χ1v) is 18.1. The van der Waals surface area contributed by atoms with Crippen molar-refractivity contribution in [1.82, 2.24) is 4.90 Å². The third-order valence-electron chi connectivity index (χ3n) is 11.2. The Balaban J connectivity index is 2.18. The Kier molecular flexibility index (Phi) is 14.3. The van der Waals surface area contributed by atoms with Gasteiger partial charge in [-0.15, -0.1) is 0 Å². The highest BCUT2D eigenvalue weighted by molar-refractivity contribution is 5.96. The van der Waals surface area contributed by atoms with Crippen LogP contribution in [0.25, 0.3) is 0 Å². The molecular weight excluding hydrogens is 650 g/mol. The zero-order chi connectivity index (χ0) is 38.1. The molecule has 0 radical (unpaired) electrons. The monoisotopic (exact) mass is 715 g/mol. The Labute approximate surface area is 298 Å². The van der Waals surface area contributed by atoms with Crippen LogP contribution in [0.5, 0.6) is 0 Å². The van der Waals surface area contributed by atoms with Crippen LogP contribution in [-0.2, 0) is 38.0 Å². The minimum absolute atomic E-state index is 0.0582. The summed E-state index contributed by atoms with van der Waals surface area (Å²) in [6.45, 7) is 16.9. The third kappa shape index (κ3) is 9.52. The summed E-state index contributed by atoms with van der Waals surface area (Å²) >= 11 is 0. The molecule has 0 amide bonds. The number of Topliss-reactive ketones (excluding diaryl/α,β-unsaturated/α-hetero) is 1. The SMILES string of the molecule is CC[C@H]1OC(=O)[C@H](C)[C@@H](O[C@H]2C[C@@](C)(OC)[C@@H](O)[C@H](C)O2)[C@H](C)[C@@H](OC2O[C@H](C)C[C@H](N(C)C)[C@H]2O)[C@@](C)(O)C[C@@H](C)C(=O)/C(C)=C/[C@]1(C)O. The van der Waals surface area contributed by atoms with E-state index in [2.05, 4.69) is 0 Å². The number of rotatable bonds is 7. The molecule has 290 valence electrons. The summed E-state index contributed by atoms with van der Waals surface area (Å²) in [6.07, 6.45) is -5.98. The number of ether oxygens (including phenoxy) is 6. The second kappa shape index (κ2) is 16.7. The topological polar surface area (TPSA) is 174 Å². The maximum absolute atomic E-state index is 14.0. The molecule has 3 rings (SSSR count). The standard InChI is InChI=1S/C37H65NO12/c1-14-26-35(8,43)16-19(2)28(39)20(3)17-36(9,44)32(50-34-29(40)25(38(11)12)15-21(4)46-34)22(5)30(23(6)33(42)48-26)49-27-18-37(10,45-13)31(41)24(7)47-27/h16,20-27,29-32,34,40-41,43-44H,14-15,17-18H2,1-13H3/b19-16+/t20-,21-,22+,23-,24+,25+,26-,27+,29-,30+,31+,32-,34?,35+,36+,37-/m1/s1. The van der Waals surface area contributed by atoms with Crippen LogP contribution in [0.3, 0.4) is 0 Å². The van der Waals surface area contributed by atoms with Crippen LogP contribution < -0.4 is 0 Å². The Hall–Kier alpha value is -1.52. The number of carbonyl (C=O) groups is 2. The van der Waals surface area contributed by atoms with Gasteiger partial charge >= 0.3 is 5.97 Å². The predicted octanol–water partition coefficient (Wildman–Crippen LogP) is 2.73. The minimum atomic E-state index is -1.73. The van der Waals surface area contributed by atoms with Crippen LogP contribution in [0, 0.1) is 17.8 Å². The second-order valence-corrected chi connectivity index (χ2v) is 16.0. The van der Waals surface area contributed by atoms with E-state index in [0.717, 1.165) is 0 Å². The van der Waals surface area contributed by atoms with E-state index in [1.54, 1.807) is 55.4 Å². The highest BCUT2D eigenvalue weighted by atomic mass is 16.7. The summed E-state index contributed by atoms with van der Waals surface area (Å²) in [6, 6.07) is -0.300. The van der Waals surface area contributed by atoms with Crippen LogP contribution in [0.15, 0.2) is 11.6 Å². The number of nitrogens with zero attached hydrogens (tertiary/aromatic N) is 1. The van der Waals surface area contributed by atoms with E-state index in [-0.39, 0.29) is 42.8 Å². The number of cyclic esters (lactones) is 1. The highest BCUT2D eigenvalue weighted by Gasteiger charge is 2.52. The van der Waals surface area contributed by atoms with E-state index in [9.17, 15) is 30.0 Å². The van der Waals surface area contributed by atoms with Gasteiger partial charge in [-0.25, -0.2) is 0 Å². The average molecular weight is 716 g/mol. The third-order valence-corrected chi connectivity index (χ3v) is 11.2. The number of aliphatic hydroxyl groups excluding tert-OH is 2. The Bertz CT molecular complexity index is 1190. The average Bonchev–Trinajstić information content (AvgIpc) is 3.02. The molecule has 1 unspecified atom stereocenters. The van der Waals surface area contributed by atoms with Crippen LogP contribution in [-0.4, -0.2) is 136 Å². The number of allylic oxidation sites excluding steroid dienone is 1. The van der Waals surface area contributed by atoms with Gasteiger partial charge in [-0.1, -0.05) is 20.8 Å². The van der Waals surface area contributed by atoms with Crippen molar-refractivity contribution in [3.8, 4) is 0 Å². The number of aliphatic hydroxyl groups is 4. The molecule has 4 N–H and O–H groups in total. The summed E-state index contributed by atoms with van der Waals surface area (Å²) < 4.78 is 37.2. The first kappa shape index (κ1) is 42.9. The van der Waals surface area contributed by atoms with Gasteiger partial charge in [0.1, 0.15) is 23.9 Å². The Morgan fingerprint density at radius 1 is 0.980 bits per heavy atom. The highest BCUT2D eigenvalue weighted by Crippen LogP contribution is 2.40. The molecule has 3 aliphatic heterocycles. The van der Waals surface area contributed by atoms with E-state index in [0.29, 0.717) is 6.42 Å². The van der Waals surface area contributed by atoms with Gasteiger partial charge in [0.05, 0.1) is 41.5 Å². The van der Waals surface area contributed by atoms with Crippen LogP contribution in [0.2, 0.25) is 0 Å². The molecule has 0 saturated carbocycles. The van der Waals surface area contributed by atoms with Gasteiger partial charge in [-0.05, 0) is 93.5 Å². The molecule has 3 heterocycles. The van der Waals surface area contributed by atoms with Gasteiger partial charge in [0, 0.05) is 31.4 Å². The van der Waals surface area contributed by atoms with Gasteiger partial charge in [-0.2, -0.15) is 0 Å². The van der Waals surface area contributed by atoms with E-state index in [4.69, 9.17) is 28.4 Å². The molecule has 50 heavy (non-hydrogen) atoms. The van der Waals surface area contributed by atoms with Crippen LogP contribution in [0.4, 0.5) is 0 Å². The summed E-state index contributed by atoms with van der Waals surface area (Å²) in [4.78, 5) is 29.6. The summed E-state index contributed by atoms with van der Waals surface area (Å²) in [5.41, 5.74) is -4.16. The normalized spacial score (nSPS) is 48.4. The molecule has 3 aliphatic rings. The van der Waals surface area contributed by atoms with E-state index < -0.39 is 89.7 Å². The first-order valence-electron chi connectivity index (χ1n) is 18.1. The van der Waals surface area contributed by atoms with Crippen molar-refractivity contribution in [3.05, 3.63) is 11.6 Å². The molecule has 2 saturated heterocycles. The van der Waals surface area contributed by atoms with Crippen molar-refractivity contribution >= 4 is 11.8 Å². The molecule has 0 spiro atoms. The lowest BCUT2D eigenvalue weighted by Crippen LogP contribution is -2.60. The van der Waals surface area contributed by atoms with Gasteiger partial charge in [0.25, 0.3) is 0 Å². The summed E-state index contributed by atoms with van der Waals surface area (Å²) in [5.74, 6) is -3.48. The van der Waals surface area contributed by atoms with Crippen LogP contribution in [0.1, 0.15) is 94.9 Å². The van der Waals surface area contributed by atoms with E-state index in [1.165, 1.54) is 20.1 Å². The summed E-state index contributed by atoms with van der Waals surface area (Å²) in [7, 11) is 5.22. The number of carbonyl (C=O) groups excluding carboxylic acids is 2. The predicted molar refractivity (Wildman–Crippen MR) is 185 cm³/mol. The molecule has 0 aromatic rings. The number of likely N-dealkylation sites (N-methyl/N-ethyl adjacent to an activating group) is 1. The Morgan fingerprint density at radius 3 is 2.16 bits per heavy atom. The van der Waals surface area contributed by atoms with Crippen molar-refractivity contribution in [1.29, 1.82) is 0 Å². The zero-order valence-corrected chi connectivity index (χ0v) is 32.4. The lowest BCUT2D eigenvalue weighted by molar-refractivity contribution is -0.317. The summed E-state index contributed by atoms with van der Waals surface area (Å²) in [5, 5.41) is 46.1. The van der Waals surface area contributed by atoms with Crippen molar-refractivity contribution in [3.63, 3.8) is 0 Å². The molecule has 0 aliphatic carbocycles. The lowest BCUT2D eigenvalue weighted by atomic mass is 9.76. The van der Waals surface area contributed by atoms with Gasteiger partial charge in [0.15, 0.2) is 18.4 Å². The van der Waals surface area contributed by atoms with Crippen molar-refractivity contribution in [2.24, 2.45) is 17.8 Å². The molecular formula is C37H65NO12. The molecule has 13 nitrogen and oxygen atoms in total. The van der Waals surface area contributed by atoms with Crippen molar-refractivity contribution in [2.45, 2.75) is 173 Å². The van der Waals surface area contributed by atoms with E-state index in [1.807, 2.05) is 25.9 Å². The zero-order valence-electron chi connectivity index (χ0n) is 32.4. The number of methoxy groups -OCH3 is 1. The first-order chi connectivity index (χ1) is 23.0. The fourth-order valence-electron chi connectivity index (χ4n) is 8.09. The molecule has 0 bridgehead atoms. The molecule has 0 aromatic heterocycles.